The molecule has 32 heavy (non-hydrogen) atoms. The van der Waals surface area contributed by atoms with Crippen molar-refractivity contribution in [3.63, 3.8) is 0 Å². The van der Waals surface area contributed by atoms with Gasteiger partial charge in [0.15, 0.2) is 5.78 Å². The van der Waals surface area contributed by atoms with Gasteiger partial charge in [-0.15, -0.1) is 0 Å². The van der Waals surface area contributed by atoms with Gasteiger partial charge in [0.25, 0.3) is 0 Å². The van der Waals surface area contributed by atoms with Crippen LogP contribution in [0.1, 0.15) is 28.8 Å². The lowest BCUT2D eigenvalue weighted by atomic mass is 10.0. The van der Waals surface area contributed by atoms with Crippen molar-refractivity contribution in [2.75, 3.05) is 7.11 Å². The van der Waals surface area contributed by atoms with Crippen LogP contribution in [0.4, 0.5) is 0 Å². The van der Waals surface area contributed by atoms with Crippen LogP contribution in [-0.4, -0.2) is 59.7 Å². The molecule has 0 radical (unpaired) electrons. The molecule has 4 atom stereocenters. The number of aliphatic hydroxyl groups is 1. The molecule has 0 aliphatic carbocycles. The van der Waals surface area contributed by atoms with E-state index in [0.29, 0.717) is 12.0 Å². The second-order valence-corrected chi connectivity index (χ2v) is 7.14. The van der Waals surface area contributed by atoms with Gasteiger partial charge in [-0.3, -0.25) is 4.79 Å². The molecule has 1 saturated heterocycles. The number of carbonyl (C=O) groups is 2. The highest BCUT2D eigenvalue weighted by Gasteiger charge is 2.46. The number of benzene rings is 1. The number of hydrogen-bond donors (Lipinski definition) is 2. The number of esters is 1. The van der Waals surface area contributed by atoms with E-state index in [2.05, 4.69) is 9.99 Å². The Balaban J connectivity index is 1.73. The fourth-order valence-electron chi connectivity index (χ4n) is 3.20. The summed E-state index contributed by atoms with van der Waals surface area (Å²) in [7, 11) is 1.41. The van der Waals surface area contributed by atoms with Crippen LogP contribution in [0.25, 0.3) is 6.08 Å². The monoisotopic (exact) mass is 439 g/mol. The van der Waals surface area contributed by atoms with E-state index in [0.717, 1.165) is 0 Å². The van der Waals surface area contributed by atoms with Crippen molar-refractivity contribution in [3.8, 4) is 5.75 Å². The first kappa shape index (κ1) is 23.2. The van der Waals surface area contributed by atoms with E-state index in [1.807, 2.05) is 0 Å². The summed E-state index contributed by atoms with van der Waals surface area (Å²) in [4.78, 5) is 29.2. The maximum atomic E-state index is 12.8. The molecule has 2 heterocycles. The molecule has 8 nitrogen and oxygen atoms in total. The van der Waals surface area contributed by atoms with E-state index in [9.17, 15) is 19.8 Å². The number of carbonyl (C=O) groups excluding carboxylic acids is 2. The molecule has 3 rings (SSSR count). The number of phenolic OH excluding ortho intramolecular Hbond substituents is 1. The number of cyclic esters (lactones) is 1. The van der Waals surface area contributed by atoms with Gasteiger partial charge in [-0.25, -0.2) is 4.79 Å². The van der Waals surface area contributed by atoms with Crippen LogP contribution in [0.5, 0.6) is 5.75 Å². The molecule has 1 aromatic rings. The molecule has 2 aliphatic heterocycles. The number of nitrogens with zero attached hydrogens (tertiary/aromatic N) is 1. The number of rotatable bonds is 7. The summed E-state index contributed by atoms with van der Waals surface area (Å²) >= 11 is 0. The third-order valence-electron chi connectivity index (χ3n) is 4.86. The Morgan fingerprint density at radius 3 is 2.97 bits per heavy atom. The van der Waals surface area contributed by atoms with Crippen molar-refractivity contribution in [2.45, 2.75) is 37.3 Å². The third kappa shape index (κ3) is 6.26. The van der Waals surface area contributed by atoms with E-state index < -0.39 is 24.3 Å². The molecule has 2 N–H and O–H groups in total. The molecule has 2 aliphatic rings. The van der Waals surface area contributed by atoms with Crippen molar-refractivity contribution in [2.24, 2.45) is 5.16 Å². The summed E-state index contributed by atoms with van der Waals surface area (Å²) in [5, 5.41) is 24.4. The zero-order valence-corrected chi connectivity index (χ0v) is 17.5. The number of aromatic hydroxyl groups is 1. The van der Waals surface area contributed by atoms with Crippen molar-refractivity contribution < 1.29 is 34.1 Å². The summed E-state index contributed by atoms with van der Waals surface area (Å²) in [6.07, 6.45) is 12.1. The van der Waals surface area contributed by atoms with Gasteiger partial charge in [0.2, 0.25) is 0 Å². The summed E-state index contributed by atoms with van der Waals surface area (Å²) in [6, 6.07) is 4.70. The van der Waals surface area contributed by atoms with Crippen LogP contribution in [0.2, 0.25) is 0 Å². The zero-order chi connectivity index (χ0) is 22.9. The van der Waals surface area contributed by atoms with E-state index in [4.69, 9.17) is 9.47 Å². The van der Waals surface area contributed by atoms with Crippen LogP contribution < -0.4 is 0 Å². The number of ketones is 1. The lowest BCUT2D eigenvalue weighted by Crippen LogP contribution is -2.35. The first-order chi connectivity index (χ1) is 15.5. The first-order valence-electron chi connectivity index (χ1n) is 10.2. The minimum absolute atomic E-state index is 0.00891. The number of allylic oxidation sites excluding steroid dienone is 5. The van der Waals surface area contributed by atoms with E-state index in [-0.39, 0.29) is 29.6 Å². The normalized spacial score (nSPS) is 27.2. The smallest absolute Gasteiger partial charge is 0.343 e. The predicted molar refractivity (Wildman–Crippen MR) is 118 cm³/mol. The van der Waals surface area contributed by atoms with Gasteiger partial charge in [0.1, 0.15) is 42.8 Å². The molecular weight excluding hydrogens is 414 g/mol. The summed E-state index contributed by atoms with van der Waals surface area (Å²) in [5.74, 6) is -1.10. The highest BCUT2D eigenvalue weighted by Crippen LogP contribution is 2.31. The fraction of sp³-hybridized carbons (Fsp3) is 0.292. The number of epoxide rings is 1. The minimum Gasteiger partial charge on any atom is -0.507 e. The van der Waals surface area contributed by atoms with E-state index >= 15 is 0 Å². The molecule has 0 saturated carbocycles. The van der Waals surface area contributed by atoms with Gasteiger partial charge in [0.05, 0.1) is 6.21 Å². The zero-order valence-electron chi connectivity index (χ0n) is 17.5. The van der Waals surface area contributed by atoms with Crippen LogP contribution in [0, 0.1) is 0 Å². The summed E-state index contributed by atoms with van der Waals surface area (Å²) in [6.45, 7) is 0. The lowest BCUT2D eigenvalue weighted by Gasteiger charge is -2.20. The Morgan fingerprint density at radius 1 is 1.31 bits per heavy atom. The third-order valence-corrected chi connectivity index (χ3v) is 4.86. The number of hydrogen-bond acceptors (Lipinski definition) is 8. The van der Waals surface area contributed by atoms with Gasteiger partial charge in [0, 0.05) is 6.42 Å². The molecule has 0 amide bonds. The van der Waals surface area contributed by atoms with Crippen LogP contribution >= 0.6 is 0 Å². The highest BCUT2D eigenvalue weighted by molar-refractivity contribution is 5.97. The SMILES string of the molecule is CO/N=C/C=C\C(=O)CC/C=C/C1OC(=O)c2c(O)cccc2/C=C/C=C\C2OC2C1O. The first-order valence-corrected chi connectivity index (χ1v) is 10.2. The second kappa shape index (κ2) is 11.2. The Bertz CT molecular complexity index is 977. The minimum atomic E-state index is -1.11. The van der Waals surface area contributed by atoms with Crippen molar-refractivity contribution in [3.05, 3.63) is 71.9 Å². The average molecular weight is 439 g/mol. The van der Waals surface area contributed by atoms with Crippen molar-refractivity contribution in [1.82, 2.24) is 0 Å². The maximum Gasteiger partial charge on any atom is 0.343 e. The number of ether oxygens (including phenoxy) is 2. The second-order valence-electron chi connectivity index (χ2n) is 7.14. The van der Waals surface area contributed by atoms with Crippen molar-refractivity contribution in [1.29, 1.82) is 0 Å². The molecule has 168 valence electrons. The molecular formula is C24H25NO7. The molecule has 1 aromatic carbocycles. The number of oxime groups is 1. The fourth-order valence-corrected chi connectivity index (χ4v) is 3.20. The molecule has 0 aromatic heterocycles. The molecule has 8 heteroatoms. The van der Waals surface area contributed by atoms with E-state index in [1.165, 1.54) is 37.6 Å². The van der Waals surface area contributed by atoms with Crippen molar-refractivity contribution >= 4 is 24.0 Å². The quantitative estimate of drug-likeness (QED) is 0.167. The highest BCUT2D eigenvalue weighted by atomic mass is 16.6. The maximum absolute atomic E-state index is 12.8. The average Bonchev–Trinajstić information content (AvgIpc) is 3.54. The number of phenols is 1. The van der Waals surface area contributed by atoms with Crippen LogP contribution in [0.3, 0.4) is 0 Å². The Hall–Kier alpha value is -3.49. The van der Waals surface area contributed by atoms with Gasteiger partial charge in [-0.1, -0.05) is 47.7 Å². The molecule has 4 unspecified atom stereocenters. The number of aliphatic hydroxyl groups excluding tert-OH is 1. The van der Waals surface area contributed by atoms with E-state index in [1.54, 1.807) is 42.5 Å². The Kier molecular flexibility index (Phi) is 8.13. The van der Waals surface area contributed by atoms with Gasteiger partial charge in [-0.2, -0.15) is 0 Å². The Labute approximate surface area is 185 Å². The predicted octanol–water partition coefficient (Wildman–Crippen LogP) is 2.72. The largest absolute Gasteiger partial charge is 0.507 e. The van der Waals surface area contributed by atoms with Crippen LogP contribution in [0.15, 0.2) is 65.9 Å². The van der Waals surface area contributed by atoms with Gasteiger partial charge in [-0.05, 0) is 36.3 Å². The molecule has 0 bridgehead atoms. The standard InChI is InChI=1S/C24H25NO7/c1-30-25-15-7-11-17(26)10-3-5-13-19-22(28)23-20(31-23)14-4-2-8-16-9-6-12-18(27)21(16)24(29)32-19/h2,4-9,11-15,19-20,22-23,27-28H,3,10H2,1H3/b8-2+,11-7-,13-5+,14-4-,25-15+. The molecule has 1 fully saturated rings. The lowest BCUT2D eigenvalue weighted by molar-refractivity contribution is -0.114. The Morgan fingerprint density at radius 2 is 2.16 bits per heavy atom. The summed E-state index contributed by atoms with van der Waals surface area (Å²) in [5.41, 5.74) is 0.495. The topological polar surface area (TPSA) is 118 Å². The summed E-state index contributed by atoms with van der Waals surface area (Å²) < 4.78 is 11.0. The van der Waals surface area contributed by atoms with Gasteiger partial charge < -0.3 is 24.5 Å². The molecule has 0 spiro atoms. The number of fused-ring (bicyclic) bond motifs is 2. The van der Waals surface area contributed by atoms with Crippen LogP contribution in [-0.2, 0) is 19.1 Å². The van der Waals surface area contributed by atoms with Gasteiger partial charge >= 0.3 is 5.97 Å².